The molecule has 72 heavy (non-hydrogen) atoms. The van der Waals surface area contributed by atoms with Crippen LogP contribution in [-0.4, -0.2) is 34.9 Å². The average Bonchev–Trinajstić information content (AvgIpc) is 3.39. The van der Waals surface area contributed by atoms with E-state index in [4.69, 9.17) is 0 Å². The zero-order chi connectivity index (χ0) is 52.0. The summed E-state index contributed by atoms with van der Waals surface area (Å²) in [5.74, 6) is -0.0512. The molecule has 3 N–H and O–H groups in total. The maximum absolute atomic E-state index is 12.5. The van der Waals surface area contributed by atoms with Crippen LogP contribution in [0.25, 0.3) is 0 Å². The Morgan fingerprint density at radius 3 is 0.917 bits per heavy atom. The highest BCUT2D eigenvalue weighted by Gasteiger charge is 2.20. The van der Waals surface area contributed by atoms with Gasteiger partial charge in [-0.15, -0.1) is 0 Å². The summed E-state index contributed by atoms with van der Waals surface area (Å²) >= 11 is 0. The van der Waals surface area contributed by atoms with Crippen LogP contribution in [0.1, 0.15) is 296 Å². The van der Waals surface area contributed by atoms with E-state index in [0.29, 0.717) is 12.8 Å². The second-order valence-corrected chi connectivity index (χ2v) is 20.7. The molecule has 0 heterocycles. The standard InChI is InChI=1S/C68H119NO3/c1-3-5-7-9-11-13-15-17-19-21-23-25-27-29-31-32-33-34-35-36-38-40-42-44-46-48-50-52-54-56-58-60-62-64-68(72)69-66(65-70)67(71)63-61-59-57-55-53-51-49-47-45-43-41-39-37-30-28-26-24-22-20-18-16-14-12-10-8-6-4-2/h5,7,11,13,17,19,23,25,29,31,33-34,36,38,42,44,48,50,66-67,70-71H,3-4,6,8-10,12,14-16,18,20-22,24,26-28,30,32,35,37,39-41,43,45-47,49,51-65H2,1-2H3,(H,69,72)/b7-5-,13-11-,19-17-,25-23-,31-29-,34-33-,38-36-,44-42-,50-48-. The highest BCUT2D eigenvalue weighted by Crippen LogP contribution is 2.17. The number of unbranched alkanes of at least 4 members (excludes halogenated alkanes) is 31. The van der Waals surface area contributed by atoms with Crippen molar-refractivity contribution in [2.24, 2.45) is 0 Å². The molecule has 0 aromatic carbocycles. The Labute approximate surface area is 448 Å². The third-order valence-corrected chi connectivity index (χ3v) is 13.8. The molecule has 1 amide bonds. The smallest absolute Gasteiger partial charge is 0.220 e. The Kier molecular flexibility index (Phi) is 59.8. The van der Waals surface area contributed by atoms with Crippen molar-refractivity contribution >= 4 is 5.91 Å². The fraction of sp³-hybridized carbons (Fsp3) is 0.721. The summed E-state index contributed by atoms with van der Waals surface area (Å²) in [7, 11) is 0. The number of rotatable bonds is 56. The second-order valence-electron chi connectivity index (χ2n) is 20.7. The molecule has 2 atom stereocenters. The van der Waals surface area contributed by atoms with Crippen molar-refractivity contribution in [2.45, 2.75) is 309 Å². The molecule has 2 unspecified atom stereocenters. The monoisotopic (exact) mass is 998 g/mol. The van der Waals surface area contributed by atoms with Crippen molar-refractivity contribution in [3.63, 3.8) is 0 Å². The minimum atomic E-state index is -0.678. The Hall–Kier alpha value is -2.95. The fourth-order valence-corrected chi connectivity index (χ4v) is 9.12. The third kappa shape index (κ3) is 57.9. The van der Waals surface area contributed by atoms with Gasteiger partial charge in [0.15, 0.2) is 0 Å². The first-order valence-electron chi connectivity index (χ1n) is 31.1. The third-order valence-electron chi connectivity index (χ3n) is 13.8. The maximum Gasteiger partial charge on any atom is 0.220 e. The van der Waals surface area contributed by atoms with Gasteiger partial charge in [-0.25, -0.2) is 0 Å². The zero-order valence-corrected chi connectivity index (χ0v) is 47.7. The molecule has 0 rings (SSSR count). The average molecular weight is 999 g/mol. The van der Waals surface area contributed by atoms with Gasteiger partial charge in [0, 0.05) is 6.42 Å². The number of aliphatic hydroxyl groups excluding tert-OH is 2. The normalized spacial score (nSPS) is 13.6. The molecule has 4 nitrogen and oxygen atoms in total. The lowest BCUT2D eigenvalue weighted by Crippen LogP contribution is -2.45. The van der Waals surface area contributed by atoms with E-state index in [-0.39, 0.29) is 12.5 Å². The van der Waals surface area contributed by atoms with E-state index >= 15 is 0 Å². The summed E-state index contributed by atoms with van der Waals surface area (Å²) in [6.07, 6.45) is 93.8. The number of carbonyl (C=O) groups excluding carboxylic acids is 1. The van der Waals surface area contributed by atoms with Crippen LogP contribution in [0.5, 0.6) is 0 Å². The van der Waals surface area contributed by atoms with Crippen molar-refractivity contribution in [3.8, 4) is 0 Å². The van der Waals surface area contributed by atoms with E-state index in [1.807, 2.05) is 0 Å². The number of hydrogen-bond donors (Lipinski definition) is 3. The fourth-order valence-electron chi connectivity index (χ4n) is 9.12. The van der Waals surface area contributed by atoms with Gasteiger partial charge in [-0.2, -0.15) is 0 Å². The van der Waals surface area contributed by atoms with E-state index in [2.05, 4.69) is 129 Å². The van der Waals surface area contributed by atoms with E-state index in [1.54, 1.807) is 0 Å². The minimum absolute atomic E-state index is 0.0512. The van der Waals surface area contributed by atoms with Gasteiger partial charge in [0.25, 0.3) is 0 Å². The van der Waals surface area contributed by atoms with Gasteiger partial charge in [0.2, 0.25) is 5.91 Å². The van der Waals surface area contributed by atoms with Gasteiger partial charge < -0.3 is 15.5 Å². The molecule has 0 radical (unpaired) electrons. The zero-order valence-electron chi connectivity index (χ0n) is 47.7. The summed E-state index contributed by atoms with van der Waals surface area (Å²) in [5.41, 5.74) is 0. The number of amides is 1. The lowest BCUT2D eigenvalue weighted by Gasteiger charge is -2.22. The number of nitrogens with one attached hydrogen (secondary N) is 1. The summed E-state index contributed by atoms with van der Waals surface area (Å²) in [6.45, 7) is 4.25. The summed E-state index contributed by atoms with van der Waals surface area (Å²) in [4.78, 5) is 12.5. The highest BCUT2D eigenvalue weighted by molar-refractivity contribution is 5.76. The van der Waals surface area contributed by atoms with Crippen LogP contribution in [-0.2, 0) is 4.79 Å². The first-order valence-corrected chi connectivity index (χ1v) is 31.1. The quantitative estimate of drug-likeness (QED) is 0.0420. The van der Waals surface area contributed by atoms with E-state index in [0.717, 1.165) is 96.3 Å². The van der Waals surface area contributed by atoms with Gasteiger partial charge in [-0.05, 0) is 83.5 Å². The summed E-state index contributed by atoms with van der Waals surface area (Å²) < 4.78 is 0. The molecule has 0 saturated carbocycles. The van der Waals surface area contributed by atoms with Gasteiger partial charge in [-0.3, -0.25) is 4.79 Å². The molecule has 0 aliphatic carbocycles. The highest BCUT2D eigenvalue weighted by atomic mass is 16.3. The van der Waals surface area contributed by atoms with Crippen LogP contribution in [0.2, 0.25) is 0 Å². The molecule has 0 saturated heterocycles. The van der Waals surface area contributed by atoms with Crippen LogP contribution < -0.4 is 5.32 Å². The topological polar surface area (TPSA) is 69.6 Å². The minimum Gasteiger partial charge on any atom is -0.394 e. The van der Waals surface area contributed by atoms with Crippen molar-refractivity contribution in [1.82, 2.24) is 5.32 Å². The Morgan fingerprint density at radius 2 is 0.611 bits per heavy atom. The molecule has 0 fully saturated rings. The summed E-state index contributed by atoms with van der Waals surface area (Å²) in [5, 5.41) is 23.4. The number of carbonyl (C=O) groups is 1. The van der Waals surface area contributed by atoms with Crippen molar-refractivity contribution in [3.05, 3.63) is 109 Å². The van der Waals surface area contributed by atoms with Crippen LogP contribution in [0, 0.1) is 0 Å². The van der Waals surface area contributed by atoms with Crippen LogP contribution >= 0.6 is 0 Å². The summed E-state index contributed by atoms with van der Waals surface area (Å²) in [6, 6.07) is -0.557. The molecule has 414 valence electrons. The molecular weight excluding hydrogens is 879 g/mol. The Morgan fingerprint density at radius 1 is 0.347 bits per heavy atom. The Bertz CT molecular complexity index is 1360. The van der Waals surface area contributed by atoms with Crippen molar-refractivity contribution < 1.29 is 15.0 Å². The van der Waals surface area contributed by atoms with E-state index in [1.165, 1.54) is 173 Å². The molecule has 0 bridgehead atoms. The first-order chi connectivity index (χ1) is 35.7. The van der Waals surface area contributed by atoms with E-state index < -0.39 is 12.1 Å². The van der Waals surface area contributed by atoms with Crippen LogP contribution in [0.3, 0.4) is 0 Å². The van der Waals surface area contributed by atoms with Crippen LogP contribution in [0.15, 0.2) is 109 Å². The molecule has 0 aromatic heterocycles. The number of allylic oxidation sites excluding steroid dienone is 18. The number of aliphatic hydroxyl groups is 2. The van der Waals surface area contributed by atoms with E-state index in [9.17, 15) is 15.0 Å². The first kappa shape index (κ1) is 69.0. The van der Waals surface area contributed by atoms with Gasteiger partial charge in [0.1, 0.15) is 0 Å². The molecule has 0 aromatic rings. The molecule has 0 aliphatic rings. The molecule has 4 heteroatoms. The largest absolute Gasteiger partial charge is 0.394 e. The van der Waals surface area contributed by atoms with Crippen molar-refractivity contribution in [2.75, 3.05) is 6.61 Å². The van der Waals surface area contributed by atoms with Gasteiger partial charge in [-0.1, -0.05) is 316 Å². The Balaban J connectivity index is 3.57. The SMILES string of the molecule is CC/C=C\C/C=C\C/C=C\C/C=C\C/C=C\C/C=C\C/C=C\C/C=C\C/C=C\CCCCCCCC(=O)NC(CO)C(O)CCCCCCCCCCCCCCCCCCCCCCCCCCCCC. The molecular formula is C68H119NO3. The van der Waals surface area contributed by atoms with Crippen LogP contribution in [0.4, 0.5) is 0 Å². The lowest BCUT2D eigenvalue weighted by molar-refractivity contribution is -0.123. The van der Waals surface area contributed by atoms with Gasteiger partial charge >= 0.3 is 0 Å². The lowest BCUT2D eigenvalue weighted by atomic mass is 10.0. The predicted molar refractivity (Wildman–Crippen MR) is 322 cm³/mol. The molecule has 0 spiro atoms. The van der Waals surface area contributed by atoms with Crippen molar-refractivity contribution in [1.29, 1.82) is 0 Å². The van der Waals surface area contributed by atoms with Gasteiger partial charge in [0.05, 0.1) is 18.8 Å². The second kappa shape index (κ2) is 62.3. The molecule has 0 aliphatic heterocycles. The predicted octanol–water partition coefficient (Wildman–Crippen LogP) is 21.0. The maximum atomic E-state index is 12.5. The number of hydrogen-bond acceptors (Lipinski definition) is 3.